The monoisotopic (exact) mass is 354 g/mol. The van der Waals surface area contributed by atoms with Crippen LogP contribution in [-0.4, -0.2) is 21.0 Å². The number of carboxylic acid groups (broad SMARTS) is 1. The van der Waals surface area contributed by atoms with Crippen molar-refractivity contribution in [2.75, 3.05) is 0 Å². The molecule has 0 radical (unpaired) electrons. The van der Waals surface area contributed by atoms with Gasteiger partial charge >= 0.3 is 5.97 Å². The van der Waals surface area contributed by atoms with Crippen LogP contribution in [0.3, 0.4) is 0 Å². The molecule has 0 aliphatic heterocycles. The predicted octanol–water partition coefficient (Wildman–Crippen LogP) is 4.90. The van der Waals surface area contributed by atoms with E-state index in [-0.39, 0.29) is 11.4 Å². The molecule has 1 heterocycles. The van der Waals surface area contributed by atoms with Gasteiger partial charge < -0.3 is 9.84 Å². The van der Waals surface area contributed by atoms with Crippen LogP contribution in [-0.2, 0) is 0 Å². The van der Waals surface area contributed by atoms with Crippen molar-refractivity contribution in [1.82, 2.24) is 9.97 Å². The van der Waals surface area contributed by atoms with E-state index in [2.05, 4.69) is 9.97 Å². The van der Waals surface area contributed by atoms with E-state index in [1.807, 2.05) is 32.0 Å². The molecule has 0 spiro atoms. The molecule has 0 aliphatic rings. The van der Waals surface area contributed by atoms with Gasteiger partial charge in [-0.05, 0) is 43.2 Å². The number of benzene rings is 2. The molecule has 126 valence electrons. The Morgan fingerprint density at radius 3 is 2.56 bits per heavy atom. The summed E-state index contributed by atoms with van der Waals surface area (Å²) in [6.45, 7) is 4.01. The van der Waals surface area contributed by atoms with Gasteiger partial charge in [-0.1, -0.05) is 35.9 Å². The maximum absolute atomic E-state index is 11.5. The number of halogens is 1. The van der Waals surface area contributed by atoms with Gasteiger partial charge in [0.25, 0.3) is 0 Å². The summed E-state index contributed by atoms with van der Waals surface area (Å²) >= 11 is 6.09. The molecule has 5 nitrogen and oxygen atoms in total. The van der Waals surface area contributed by atoms with Crippen LogP contribution in [0.5, 0.6) is 11.6 Å². The average molecular weight is 355 g/mol. The van der Waals surface area contributed by atoms with Crippen molar-refractivity contribution in [1.29, 1.82) is 0 Å². The first-order valence-electron chi connectivity index (χ1n) is 7.56. The lowest BCUT2D eigenvalue weighted by Gasteiger charge is -2.11. The van der Waals surface area contributed by atoms with Gasteiger partial charge in [0, 0.05) is 11.8 Å². The van der Waals surface area contributed by atoms with E-state index in [0.717, 1.165) is 16.7 Å². The molecule has 3 rings (SSSR count). The zero-order valence-corrected chi connectivity index (χ0v) is 14.4. The molecule has 6 heteroatoms. The molecule has 0 unspecified atom stereocenters. The van der Waals surface area contributed by atoms with E-state index >= 15 is 0 Å². The van der Waals surface area contributed by atoms with Gasteiger partial charge in [0.1, 0.15) is 11.3 Å². The Bertz CT molecular complexity index is 957. The summed E-state index contributed by atoms with van der Waals surface area (Å²) in [5, 5.41) is 9.73. The molecule has 2 aromatic carbocycles. The maximum Gasteiger partial charge on any atom is 0.342 e. The molecule has 0 amide bonds. The molecule has 0 aliphatic carbocycles. The standard InChI is InChI=1S/C19H15ClN2O3/c1-11-7-8-13(9-12(11)2)17-21-10-14(19(23)24)18(22-17)25-16-6-4-3-5-15(16)20/h3-10H,1-2H3,(H,23,24). The number of carbonyl (C=O) groups is 1. The smallest absolute Gasteiger partial charge is 0.342 e. The molecule has 1 aromatic heterocycles. The van der Waals surface area contributed by atoms with Gasteiger partial charge in [-0.2, -0.15) is 4.98 Å². The summed E-state index contributed by atoms with van der Waals surface area (Å²) in [4.78, 5) is 19.9. The van der Waals surface area contributed by atoms with Gasteiger partial charge in [-0.25, -0.2) is 9.78 Å². The van der Waals surface area contributed by atoms with Crippen LogP contribution in [0, 0.1) is 13.8 Å². The van der Waals surface area contributed by atoms with Gasteiger partial charge in [0.2, 0.25) is 5.88 Å². The van der Waals surface area contributed by atoms with Crippen LogP contribution in [0.25, 0.3) is 11.4 Å². The van der Waals surface area contributed by atoms with Crippen molar-refractivity contribution in [2.24, 2.45) is 0 Å². The highest BCUT2D eigenvalue weighted by atomic mass is 35.5. The van der Waals surface area contributed by atoms with Crippen molar-refractivity contribution in [2.45, 2.75) is 13.8 Å². The SMILES string of the molecule is Cc1ccc(-c2ncc(C(=O)O)c(Oc3ccccc3Cl)n2)cc1C. The second-order valence-electron chi connectivity index (χ2n) is 5.55. The molecule has 0 saturated heterocycles. The number of carboxylic acids is 1. The highest BCUT2D eigenvalue weighted by Crippen LogP contribution is 2.31. The fraction of sp³-hybridized carbons (Fsp3) is 0.105. The number of hydrogen-bond donors (Lipinski definition) is 1. The number of hydrogen-bond acceptors (Lipinski definition) is 4. The quantitative estimate of drug-likeness (QED) is 0.721. The van der Waals surface area contributed by atoms with Crippen LogP contribution < -0.4 is 4.74 Å². The first kappa shape index (κ1) is 16.9. The van der Waals surface area contributed by atoms with Crippen molar-refractivity contribution >= 4 is 17.6 Å². The summed E-state index contributed by atoms with van der Waals surface area (Å²) in [5.41, 5.74) is 2.90. The van der Waals surface area contributed by atoms with Crippen LogP contribution >= 0.6 is 11.6 Å². The van der Waals surface area contributed by atoms with Crippen LogP contribution in [0.1, 0.15) is 21.5 Å². The van der Waals surface area contributed by atoms with E-state index in [4.69, 9.17) is 16.3 Å². The first-order chi connectivity index (χ1) is 12.0. The second-order valence-corrected chi connectivity index (χ2v) is 5.96. The fourth-order valence-electron chi connectivity index (χ4n) is 2.24. The summed E-state index contributed by atoms with van der Waals surface area (Å²) in [7, 11) is 0. The van der Waals surface area contributed by atoms with E-state index in [9.17, 15) is 9.90 Å². The van der Waals surface area contributed by atoms with Crippen LogP contribution in [0.2, 0.25) is 5.02 Å². The van der Waals surface area contributed by atoms with E-state index in [1.165, 1.54) is 6.20 Å². The number of ether oxygens (including phenoxy) is 1. The van der Waals surface area contributed by atoms with Crippen LogP contribution in [0.4, 0.5) is 0 Å². The maximum atomic E-state index is 11.5. The second kappa shape index (κ2) is 6.91. The molecule has 0 fully saturated rings. The third-order valence-corrected chi connectivity index (χ3v) is 4.10. The molecule has 1 N–H and O–H groups in total. The van der Waals surface area contributed by atoms with Gasteiger partial charge in [0.15, 0.2) is 5.82 Å². The number of rotatable bonds is 4. The van der Waals surface area contributed by atoms with Crippen LogP contribution in [0.15, 0.2) is 48.7 Å². The van der Waals surface area contributed by atoms with Gasteiger partial charge in [-0.3, -0.25) is 0 Å². The van der Waals surface area contributed by atoms with E-state index in [1.54, 1.807) is 24.3 Å². The Hall–Kier alpha value is -2.92. The Morgan fingerprint density at radius 1 is 1.12 bits per heavy atom. The number of aromatic carboxylic acids is 1. The van der Waals surface area contributed by atoms with Crippen molar-refractivity contribution in [3.8, 4) is 23.0 Å². The average Bonchev–Trinajstić information content (AvgIpc) is 2.59. The number of aryl methyl sites for hydroxylation is 2. The summed E-state index contributed by atoms with van der Waals surface area (Å²) in [6, 6.07) is 12.6. The molecule has 0 bridgehead atoms. The summed E-state index contributed by atoms with van der Waals surface area (Å²) in [5.74, 6) is -0.510. The molecule has 3 aromatic rings. The zero-order valence-electron chi connectivity index (χ0n) is 13.7. The summed E-state index contributed by atoms with van der Waals surface area (Å²) in [6.07, 6.45) is 1.24. The lowest BCUT2D eigenvalue weighted by molar-refractivity contribution is 0.0693. The number of nitrogens with zero attached hydrogens (tertiary/aromatic N) is 2. The van der Waals surface area contributed by atoms with Crippen molar-refractivity contribution < 1.29 is 14.6 Å². The minimum Gasteiger partial charge on any atom is -0.477 e. The Labute approximate surface area is 149 Å². The fourth-order valence-corrected chi connectivity index (χ4v) is 2.42. The normalized spacial score (nSPS) is 10.5. The minimum absolute atomic E-state index is 0.0520. The highest BCUT2D eigenvalue weighted by Gasteiger charge is 2.17. The Kier molecular flexibility index (Phi) is 4.67. The summed E-state index contributed by atoms with van der Waals surface area (Å²) < 4.78 is 5.65. The van der Waals surface area contributed by atoms with E-state index in [0.29, 0.717) is 16.6 Å². The number of para-hydroxylation sites is 1. The molecule has 25 heavy (non-hydrogen) atoms. The topological polar surface area (TPSA) is 72.3 Å². The van der Waals surface area contributed by atoms with Crippen molar-refractivity contribution in [3.63, 3.8) is 0 Å². The van der Waals surface area contributed by atoms with Crippen molar-refractivity contribution in [3.05, 3.63) is 70.4 Å². The molecule has 0 saturated carbocycles. The third-order valence-electron chi connectivity index (χ3n) is 3.79. The number of aromatic nitrogens is 2. The first-order valence-corrected chi connectivity index (χ1v) is 7.94. The minimum atomic E-state index is -1.17. The molecular formula is C19H15ClN2O3. The highest BCUT2D eigenvalue weighted by molar-refractivity contribution is 6.32. The third kappa shape index (κ3) is 3.61. The Morgan fingerprint density at radius 2 is 1.88 bits per heavy atom. The Balaban J connectivity index is 2.07. The lowest BCUT2D eigenvalue weighted by atomic mass is 10.1. The predicted molar refractivity (Wildman–Crippen MR) is 95.4 cm³/mol. The zero-order chi connectivity index (χ0) is 18.0. The van der Waals surface area contributed by atoms with Gasteiger partial charge in [-0.15, -0.1) is 0 Å². The van der Waals surface area contributed by atoms with E-state index < -0.39 is 5.97 Å². The van der Waals surface area contributed by atoms with Gasteiger partial charge in [0.05, 0.1) is 5.02 Å². The lowest BCUT2D eigenvalue weighted by Crippen LogP contribution is -2.05. The molecular weight excluding hydrogens is 340 g/mol. The molecule has 0 atom stereocenters. The largest absolute Gasteiger partial charge is 0.477 e.